The zero-order valence-electron chi connectivity index (χ0n) is 15.1. The molecule has 0 bridgehead atoms. The average molecular weight is 467 g/mol. The third-order valence-corrected chi connectivity index (χ3v) is 6.06. The molecule has 0 saturated carbocycles. The molecule has 1 unspecified atom stereocenters. The molecular weight excluding hydrogens is 452 g/mol. The summed E-state index contributed by atoms with van der Waals surface area (Å²) in [6.07, 6.45) is -4.92. The molecule has 0 radical (unpaired) electrons. The van der Waals surface area contributed by atoms with Crippen molar-refractivity contribution in [3.8, 4) is 0 Å². The Morgan fingerprint density at radius 3 is 2.52 bits per heavy atom. The third-order valence-electron chi connectivity index (χ3n) is 3.84. The Bertz CT molecular complexity index is 955. The highest BCUT2D eigenvalue weighted by Gasteiger charge is 2.38. The van der Waals surface area contributed by atoms with Gasteiger partial charge in [-0.1, -0.05) is 30.1 Å². The molecule has 0 heterocycles. The zero-order valence-corrected chi connectivity index (χ0v) is 17.5. The summed E-state index contributed by atoms with van der Waals surface area (Å²) >= 11 is 13.5. The highest BCUT2D eigenvalue weighted by molar-refractivity contribution is 7.99. The Morgan fingerprint density at radius 1 is 1.28 bits per heavy atom. The highest BCUT2D eigenvalue weighted by Crippen LogP contribution is 2.38. The monoisotopic (exact) mass is 466 g/mol. The Morgan fingerprint density at radius 2 is 1.93 bits per heavy atom. The van der Waals surface area contributed by atoms with Crippen LogP contribution >= 0.6 is 35.0 Å². The number of hydrogen-bond donors (Lipinski definition) is 1. The van der Waals surface area contributed by atoms with E-state index in [0.717, 1.165) is 11.6 Å². The van der Waals surface area contributed by atoms with Crippen molar-refractivity contribution in [2.24, 2.45) is 5.92 Å². The Labute approximate surface area is 178 Å². The van der Waals surface area contributed by atoms with E-state index in [9.17, 15) is 28.1 Å². The van der Waals surface area contributed by atoms with Crippen LogP contribution in [0.15, 0.2) is 35.2 Å². The van der Waals surface area contributed by atoms with Gasteiger partial charge in [0.05, 0.1) is 15.0 Å². The van der Waals surface area contributed by atoms with Crippen LogP contribution < -0.4 is 5.32 Å². The second-order valence-electron chi connectivity index (χ2n) is 6.25. The molecule has 29 heavy (non-hydrogen) atoms. The maximum absolute atomic E-state index is 13.1. The lowest BCUT2D eigenvalue weighted by Crippen LogP contribution is -2.22. The molecule has 0 fully saturated rings. The summed E-state index contributed by atoms with van der Waals surface area (Å²) in [5.41, 5.74) is -1.79. The molecule has 2 aromatic carbocycles. The number of alkyl halides is 3. The van der Waals surface area contributed by atoms with Gasteiger partial charge in [-0.2, -0.15) is 13.2 Å². The summed E-state index contributed by atoms with van der Waals surface area (Å²) in [5.74, 6) is -0.820. The molecule has 0 aromatic heterocycles. The standard InChI is InChI=1S/C18H15Cl2F3N2O3S/c1-9-5-13(19)16(20)15(6-9)29-8-10(2)17(26)24-11-3-4-14(25(27)28)12(7-11)18(21,22)23/h3-7,10H,8H2,1-2H3,(H,24,26). The summed E-state index contributed by atoms with van der Waals surface area (Å²) < 4.78 is 39.2. The number of hydrogen-bond acceptors (Lipinski definition) is 4. The summed E-state index contributed by atoms with van der Waals surface area (Å²) in [4.78, 5) is 22.7. The van der Waals surface area contributed by atoms with Crippen molar-refractivity contribution in [3.05, 3.63) is 61.6 Å². The summed E-state index contributed by atoms with van der Waals surface area (Å²) in [7, 11) is 0. The van der Waals surface area contributed by atoms with Crippen LogP contribution in [0.1, 0.15) is 18.1 Å². The second-order valence-corrected chi connectivity index (χ2v) is 8.09. The molecule has 2 aromatic rings. The van der Waals surface area contributed by atoms with Crippen LogP contribution in [-0.2, 0) is 11.0 Å². The normalized spacial score (nSPS) is 12.5. The van der Waals surface area contributed by atoms with E-state index >= 15 is 0 Å². The van der Waals surface area contributed by atoms with Gasteiger partial charge in [-0.15, -0.1) is 11.8 Å². The maximum Gasteiger partial charge on any atom is 0.423 e. The molecule has 1 N–H and O–H groups in total. The Balaban J connectivity index is 2.11. The van der Waals surface area contributed by atoms with Crippen molar-refractivity contribution >= 4 is 52.2 Å². The SMILES string of the molecule is Cc1cc(Cl)c(Cl)c(SCC(C)C(=O)Nc2ccc([N+](=O)[O-])c(C(F)(F)F)c2)c1. The number of amides is 1. The molecular formula is C18H15Cl2F3N2O3S. The van der Waals surface area contributed by atoms with Crippen molar-refractivity contribution in [1.82, 2.24) is 0 Å². The summed E-state index contributed by atoms with van der Waals surface area (Å²) in [6.45, 7) is 3.44. The minimum Gasteiger partial charge on any atom is -0.326 e. The first-order valence-corrected chi connectivity index (χ1v) is 9.89. The third kappa shape index (κ3) is 6.01. The van der Waals surface area contributed by atoms with Crippen LogP contribution in [0.25, 0.3) is 0 Å². The van der Waals surface area contributed by atoms with E-state index in [-0.39, 0.29) is 5.69 Å². The molecule has 0 aliphatic carbocycles. The van der Waals surface area contributed by atoms with Crippen molar-refractivity contribution < 1.29 is 22.9 Å². The second kappa shape index (κ2) is 9.23. The molecule has 0 aliphatic heterocycles. The number of nitrogens with zero attached hydrogens (tertiary/aromatic N) is 1. The van der Waals surface area contributed by atoms with Crippen LogP contribution in [0, 0.1) is 23.0 Å². The molecule has 0 aliphatic rings. The molecule has 1 amide bonds. The number of aryl methyl sites for hydroxylation is 1. The molecule has 156 valence electrons. The lowest BCUT2D eigenvalue weighted by Gasteiger charge is -2.14. The number of nitrogens with one attached hydrogen (secondary N) is 1. The molecule has 1 atom stereocenters. The quantitative estimate of drug-likeness (QED) is 0.295. The summed E-state index contributed by atoms with van der Waals surface area (Å²) in [5, 5.41) is 13.9. The average Bonchev–Trinajstić information content (AvgIpc) is 2.62. The van der Waals surface area contributed by atoms with E-state index in [2.05, 4.69) is 5.32 Å². The van der Waals surface area contributed by atoms with E-state index in [1.807, 2.05) is 13.0 Å². The fourth-order valence-electron chi connectivity index (χ4n) is 2.35. The molecule has 11 heteroatoms. The lowest BCUT2D eigenvalue weighted by atomic mass is 10.1. The molecule has 2 rings (SSSR count). The number of nitro benzene ring substituents is 1. The van der Waals surface area contributed by atoms with Gasteiger partial charge in [-0.05, 0) is 36.8 Å². The Kier molecular flexibility index (Phi) is 7.42. The van der Waals surface area contributed by atoms with Gasteiger partial charge in [0.2, 0.25) is 5.91 Å². The molecule has 0 spiro atoms. The van der Waals surface area contributed by atoms with Crippen molar-refractivity contribution in [3.63, 3.8) is 0 Å². The van der Waals surface area contributed by atoms with Gasteiger partial charge in [-0.25, -0.2) is 0 Å². The number of nitro groups is 1. The fourth-order valence-corrected chi connectivity index (χ4v) is 4.04. The Hall–Kier alpha value is -1.97. The number of rotatable bonds is 6. The predicted octanol–water partition coefficient (Wildman–Crippen LogP) is 6.60. The number of benzene rings is 2. The molecule has 0 saturated heterocycles. The first kappa shape index (κ1) is 23.3. The van der Waals surface area contributed by atoms with E-state index < -0.39 is 34.2 Å². The van der Waals surface area contributed by atoms with Gasteiger partial charge in [0.1, 0.15) is 5.56 Å². The van der Waals surface area contributed by atoms with Crippen LogP contribution in [0.2, 0.25) is 10.0 Å². The first-order chi connectivity index (χ1) is 13.4. The van der Waals surface area contributed by atoms with Gasteiger partial charge >= 0.3 is 6.18 Å². The predicted molar refractivity (Wildman–Crippen MR) is 108 cm³/mol. The van der Waals surface area contributed by atoms with Crippen molar-refractivity contribution in [1.29, 1.82) is 0 Å². The number of anilines is 1. The minimum absolute atomic E-state index is 0.179. The van der Waals surface area contributed by atoms with Crippen molar-refractivity contribution in [2.75, 3.05) is 11.1 Å². The van der Waals surface area contributed by atoms with Crippen molar-refractivity contribution in [2.45, 2.75) is 24.9 Å². The van der Waals surface area contributed by atoms with Crippen LogP contribution in [0.5, 0.6) is 0 Å². The van der Waals surface area contributed by atoms with Gasteiger partial charge in [0, 0.05) is 28.3 Å². The number of halogens is 5. The van der Waals surface area contributed by atoms with E-state index in [0.29, 0.717) is 32.8 Å². The lowest BCUT2D eigenvalue weighted by molar-refractivity contribution is -0.388. The fraction of sp³-hybridized carbons (Fsp3) is 0.278. The smallest absolute Gasteiger partial charge is 0.326 e. The van der Waals surface area contributed by atoms with E-state index in [4.69, 9.17) is 23.2 Å². The topological polar surface area (TPSA) is 72.2 Å². The summed E-state index contributed by atoms with van der Waals surface area (Å²) in [6, 6.07) is 5.84. The largest absolute Gasteiger partial charge is 0.423 e. The highest BCUT2D eigenvalue weighted by atomic mass is 35.5. The van der Waals surface area contributed by atoms with E-state index in [1.165, 1.54) is 11.8 Å². The van der Waals surface area contributed by atoms with Crippen LogP contribution in [0.3, 0.4) is 0 Å². The van der Waals surface area contributed by atoms with Gasteiger partial charge < -0.3 is 5.32 Å². The minimum atomic E-state index is -4.92. The van der Waals surface area contributed by atoms with E-state index in [1.54, 1.807) is 13.0 Å². The van der Waals surface area contributed by atoms with Gasteiger partial charge in [0.15, 0.2) is 0 Å². The number of thioether (sulfide) groups is 1. The van der Waals surface area contributed by atoms with Crippen LogP contribution in [-0.4, -0.2) is 16.6 Å². The number of carbonyl (C=O) groups is 1. The molecule has 5 nitrogen and oxygen atoms in total. The van der Waals surface area contributed by atoms with Gasteiger partial charge in [-0.3, -0.25) is 14.9 Å². The van der Waals surface area contributed by atoms with Crippen LogP contribution in [0.4, 0.5) is 24.5 Å². The zero-order chi connectivity index (χ0) is 21.9. The number of carbonyl (C=O) groups excluding carboxylic acids is 1. The van der Waals surface area contributed by atoms with Gasteiger partial charge in [0.25, 0.3) is 5.69 Å². The first-order valence-electron chi connectivity index (χ1n) is 8.15. The maximum atomic E-state index is 13.1.